The minimum Gasteiger partial charge on any atom is -0.481 e. The summed E-state index contributed by atoms with van der Waals surface area (Å²) in [5.41, 5.74) is 2.14. The molecule has 1 aliphatic carbocycles. The molecule has 34 heavy (non-hydrogen) atoms. The van der Waals surface area contributed by atoms with Crippen LogP contribution in [-0.2, 0) is 11.0 Å². The number of aliphatic carboxylic acids is 1. The van der Waals surface area contributed by atoms with Gasteiger partial charge in [-0.1, -0.05) is 6.07 Å². The Hall–Kier alpha value is -3.69. The van der Waals surface area contributed by atoms with Crippen LogP contribution in [0.3, 0.4) is 0 Å². The molecule has 2 heterocycles. The molecule has 0 amide bonds. The molecule has 0 unspecified atom stereocenters. The van der Waals surface area contributed by atoms with Gasteiger partial charge in [0.1, 0.15) is 11.5 Å². The number of pyridine rings is 1. The topological polar surface area (TPSA) is 100 Å². The molecule has 0 saturated heterocycles. The number of halogens is 3. The lowest BCUT2D eigenvalue weighted by molar-refractivity contribution is -0.143. The van der Waals surface area contributed by atoms with E-state index in [9.17, 15) is 18.0 Å². The number of carbonyl (C=O) groups is 1. The maximum absolute atomic E-state index is 12.9. The van der Waals surface area contributed by atoms with E-state index in [4.69, 9.17) is 5.11 Å². The van der Waals surface area contributed by atoms with Crippen LogP contribution in [0.5, 0.6) is 0 Å². The maximum atomic E-state index is 12.9. The van der Waals surface area contributed by atoms with Crippen molar-refractivity contribution in [2.24, 2.45) is 5.92 Å². The van der Waals surface area contributed by atoms with Crippen LogP contribution in [0.25, 0.3) is 11.1 Å². The number of aromatic nitrogens is 3. The Morgan fingerprint density at radius 1 is 1.03 bits per heavy atom. The summed E-state index contributed by atoms with van der Waals surface area (Å²) in [6.07, 6.45) is 1.12. The molecule has 1 fully saturated rings. The second-order valence-electron chi connectivity index (χ2n) is 8.44. The van der Waals surface area contributed by atoms with E-state index in [1.807, 2.05) is 25.1 Å². The van der Waals surface area contributed by atoms with Crippen LogP contribution >= 0.6 is 0 Å². The Morgan fingerprint density at radius 3 is 2.44 bits per heavy atom. The highest BCUT2D eigenvalue weighted by Gasteiger charge is 2.32. The van der Waals surface area contributed by atoms with Gasteiger partial charge in [0.25, 0.3) is 0 Å². The molecule has 0 atom stereocenters. The fourth-order valence-corrected chi connectivity index (χ4v) is 4.07. The number of carboxylic acids is 1. The monoisotopic (exact) mass is 471 g/mol. The fourth-order valence-electron chi connectivity index (χ4n) is 4.07. The molecule has 3 N–H and O–H groups in total. The summed E-state index contributed by atoms with van der Waals surface area (Å²) in [5, 5.41) is 15.3. The number of hydrogen-bond donors (Lipinski definition) is 3. The first-order valence-corrected chi connectivity index (χ1v) is 10.9. The highest BCUT2D eigenvalue weighted by atomic mass is 19.4. The Morgan fingerprint density at radius 2 is 1.79 bits per heavy atom. The van der Waals surface area contributed by atoms with Crippen molar-refractivity contribution in [1.29, 1.82) is 0 Å². The summed E-state index contributed by atoms with van der Waals surface area (Å²) in [4.78, 5) is 23.0. The number of nitrogens with one attached hydrogen (secondary N) is 2. The van der Waals surface area contributed by atoms with E-state index in [0.29, 0.717) is 24.3 Å². The van der Waals surface area contributed by atoms with Crippen LogP contribution in [-0.4, -0.2) is 32.1 Å². The lowest BCUT2D eigenvalue weighted by Crippen LogP contribution is -2.29. The molecule has 1 saturated carbocycles. The van der Waals surface area contributed by atoms with E-state index in [1.54, 1.807) is 18.3 Å². The van der Waals surface area contributed by atoms with Gasteiger partial charge in [-0.25, -0.2) is 15.0 Å². The SMILES string of the molecule is Cc1cc(Nc2nccc(C(F)(F)F)n2)cc(-c2ccc(N[C@H]3CC[C@@H](C(=O)O)CC3)nc2)c1. The quantitative estimate of drug-likeness (QED) is 0.426. The first-order chi connectivity index (χ1) is 16.2. The predicted molar refractivity (Wildman–Crippen MR) is 122 cm³/mol. The van der Waals surface area contributed by atoms with E-state index >= 15 is 0 Å². The fraction of sp³-hybridized carbons (Fsp3) is 0.333. The summed E-state index contributed by atoms with van der Waals surface area (Å²) < 4.78 is 38.8. The summed E-state index contributed by atoms with van der Waals surface area (Å²) in [7, 11) is 0. The number of alkyl halides is 3. The van der Waals surface area contributed by atoms with Gasteiger partial charge in [-0.2, -0.15) is 13.2 Å². The van der Waals surface area contributed by atoms with Crippen LogP contribution in [0.1, 0.15) is 36.9 Å². The molecular formula is C24H24F3N5O2. The van der Waals surface area contributed by atoms with Gasteiger partial charge in [-0.3, -0.25) is 4.79 Å². The van der Waals surface area contributed by atoms with Crippen LogP contribution in [0.2, 0.25) is 0 Å². The van der Waals surface area contributed by atoms with Gasteiger partial charge < -0.3 is 15.7 Å². The molecule has 1 aliphatic rings. The third kappa shape index (κ3) is 5.81. The normalized spacial score (nSPS) is 18.4. The molecule has 1 aromatic carbocycles. The standard InChI is InChI=1S/C24H24F3N5O2/c1-14-10-17(12-19(11-14)31-23-28-9-8-20(32-23)24(25,26)27)16-4-7-21(29-13-16)30-18-5-2-15(3-6-18)22(33)34/h4,7-13,15,18H,2-3,5-6H2,1H3,(H,29,30)(H,33,34)(H,28,31,32)/t15-,18+. The number of carboxylic acid groups (broad SMARTS) is 1. The van der Waals surface area contributed by atoms with Crippen LogP contribution in [0, 0.1) is 12.8 Å². The second-order valence-corrected chi connectivity index (χ2v) is 8.44. The molecule has 0 bridgehead atoms. The predicted octanol–water partition coefficient (Wildman–Crippen LogP) is 5.66. The molecule has 0 radical (unpaired) electrons. The van der Waals surface area contributed by atoms with Gasteiger partial charge >= 0.3 is 12.1 Å². The van der Waals surface area contributed by atoms with Gasteiger partial charge in [-0.05, 0) is 74.1 Å². The van der Waals surface area contributed by atoms with Gasteiger partial charge in [-0.15, -0.1) is 0 Å². The number of nitrogens with zero attached hydrogens (tertiary/aromatic N) is 3. The van der Waals surface area contributed by atoms with Crippen LogP contribution < -0.4 is 10.6 Å². The van der Waals surface area contributed by atoms with Crippen LogP contribution in [0.15, 0.2) is 48.8 Å². The average molecular weight is 471 g/mol. The van der Waals surface area contributed by atoms with Gasteiger partial charge in [0.2, 0.25) is 5.95 Å². The molecule has 178 valence electrons. The number of aryl methyl sites for hydroxylation is 1. The van der Waals surface area contributed by atoms with Gasteiger partial charge in [0.15, 0.2) is 0 Å². The van der Waals surface area contributed by atoms with Crippen molar-refractivity contribution >= 4 is 23.4 Å². The van der Waals surface area contributed by atoms with E-state index in [2.05, 4.69) is 25.6 Å². The number of rotatable bonds is 6. The molecule has 7 nitrogen and oxygen atoms in total. The van der Waals surface area contributed by atoms with E-state index < -0.39 is 17.8 Å². The van der Waals surface area contributed by atoms with Crippen molar-refractivity contribution in [3.8, 4) is 11.1 Å². The lowest BCUT2D eigenvalue weighted by atomic mass is 9.86. The molecular weight excluding hydrogens is 447 g/mol. The van der Waals surface area contributed by atoms with Crippen molar-refractivity contribution in [2.75, 3.05) is 10.6 Å². The van der Waals surface area contributed by atoms with Gasteiger partial charge in [0, 0.05) is 29.7 Å². The van der Waals surface area contributed by atoms with Crippen molar-refractivity contribution in [3.05, 3.63) is 60.0 Å². The van der Waals surface area contributed by atoms with E-state index in [0.717, 1.165) is 41.8 Å². The minimum atomic E-state index is -4.55. The van der Waals surface area contributed by atoms with Crippen molar-refractivity contribution < 1.29 is 23.1 Å². The number of hydrogen-bond acceptors (Lipinski definition) is 6. The first-order valence-electron chi connectivity index (χ1n) is 10.9. The summed E-state index contributed by atoms with van der Waals surface area (Å²) in [6, 6.07) is 10.3. The first kappa shape index (κ1) is 23.5. The van der Waals surface area contributed by atoms with E-state index in [-0.39, 0.29) is 17.9 Å². The highest BCUT2D eigenvalue weighted by molar-refractivity contribution is 5.71. The molecule has 10 heteroatoms. The van der Waals surface area contributed by atoms with E-state index in [1.165, 1.54) is 0 Å². The molecule has 0 aliphatic heterocycles. The summed E-state index contributed by atoms with van der Waals surface area (Å²) >= 11 is 0. The summed E-state index contributed by atoms with van der Waals surface area (Å²) in [6.45, 7) is 1.89. The highest BCUT2D eigenvalue weighted by Crippen LogP contribution is 2.30. The zero-order valence-electron chi connectivity index (χ0n) is 18.4. The Bertz CT molecular complexity index is 1160. The molecule has 4 rings (SSSR count). The summed E-state index contributed by atoms with van der Waals surface area (Å²) in [5.74, 6) is -0.418. The number of benzene rings is 1. The smallest absolute Gasteiger partial charge is 0.433 e. The van der Waals surface area contributed by atoms with Crippen molar-refractivity contribution in [3.63, 3.8) is 0 Å². The third-order valence-electron chi connectivity index (χ3n) is 5.80. The Kier molecular flexibility index (Phi) is 6.67. The molecule has 0 spiro atoms. The lowest BCUT2D eigenvalue weighted by Gasteiger charge is -2.27. The zero-order chi connectivity index (χ0) is 24.3. The van der Waals surface area contributed by atoms with Crippen LogP contribution in [0.4, 0.5) is 30.6 Å². The zero-order valence-corrected chi connectivity index (χ0v) is 18.4. The second kappa shape index (κ2) is 9.66. The van der Waals surface area contributed by atoms with Gasteiger partial charge in [0.05, 0.1) is 5.92 Å². The largest absolute Gasteiger partial charge is 0.481 e. The average Bonchev–Trinajstić information content (AvgIpc) is 2.79. The van der Waals surface area contributed by atoms with Crippen molar-refractivity contribution in [2.45, 2.75) is 44.8 Å². The third-order valence-corrected chi connectivity index (χ3v) is 5.80. The minimum absolute atomic E-state index is 0.137. The van der Waals surface area contributed by atoms with Crippen molar-refractivity contribution in [1.82, 2.24) is 15.0 Å². The Labute approximate surface area is 194 Å². The molecule has 3 aromatic rings. The Balaban J connectivity index is 1.45. The molecule has 2 aromatic heterocycles. The maximum Gasteiger partial charge on any atom is 0.433 e. The number of anilines is 3.